The Morgan fingerprint density at radius 1 is 1.33 bits per heavy atom. The molecule has 27 heavy (non-hydrogen) atoms. The molecule has 3 N–H and O–H groups in total. The second-order valence-electron chi connectivity index (χ2n) is 6.86. The third kappa shape index (κ3) is 8.13. The summed E-state index contributed by atoms with van der Waals surface area (Å²) in [6, 6.07) is 5.90. The quantitative estimate of drug-likeness (QED) is 0.297. The van der Waals surface area contributed by atoms with E-state index in [1.165, 1.54) is 19.4 Å². The maximum absolute atomic E-state index is 10.0. The van der Waals surface area contributed by atoms with Crippen LogP contribution in [0.25, 0.3) is 0 Å². The van der Waals surface area contributed by atoms with Gasteiger partial charge in [-0.05, 0) is 43.9 Å². The smallest absolute Gasteiger partial charge is 0.191 e. The van der Waals surface area contributed by atoms with Crippen molar-refractivity contribution >= 4 is 29.9 Å². The minimum absolute atomic E-state index is 0. The van der Waals surface area contributed by atoms with Crippen LogP contribution in [0.3, 0.4) is 0 Å². The zero-order valence-corrected chi connectivity index (χ0v) is 19.2. The third-order valence-electron chi connectivity index (χ3n) is 4.96. The Labute approximate surface area is 180 Å². The van der Waals surface area contributed by atoms with Crippen LogP contribution in [0.1, 0.15) is 38.2 Å². The van der Waals surface area contributed by atoms with Crippen molar-refractivity contribution in [2.45, 2.75) is 45.1 Å². The molecule has 1 aliphatic rings. The molecule has 0 unspecified atom stereocenters. The summed E-state index contributed by atoms with van der Waals surface area (Å²) >= 11 is 0. The number of halogens is 1. The van der Waals surface area contributed by atoms with Gasteiger partial charge in [0.15, 0.2) is 5.96 Å². The SMILES string of the molecule is CCCCN1CCC(NC(=NC)NCCc2ccc(OC)cc2O)CC1.I. The fourth-order valence-electron chi connectivity index (χ4n) is 3.27. The number of phenolic OH excluding ortho intramolecular Hbond substituents is 1. The molecule has 0 amide bonds. The summed E-state index contributed by atoms with van der Waals surface area (Å²) in [5, 5.41) is 16.9. The summed E-state index contributed by atoms with van der Waals surface area (Å²) in [5.41, 5.74) is 0.901. The molecule has 0 bridgehead atoms. The number of hydrogen-bond acceptors (Lipinski definition) is 4. The first kappa shape index (κ1) is 23.8. The first-order valence-corrected chi connectivity index (χ1v) is 9.71. The highest BCUT2D eigenvalue weighted by molar-refractivity contribution is 14.0. The van der Waals surface area contributed by atoms with Gasteiger partial charge in [0.2, 0.25) is 0 Å². The largest absolute Gasteiger partial charge is 0.508 e. The van der Waals surface area contributed by atoms with E-state index in [1.807, 2.05) is 12.1 Å². The van der Waals surface area contributed by atoms with Gasteiger partial charge >= 0.3 is 0 Å². The lowest BCUT2D eigenvalue weighted by Gasteiger charge is -2.33. The number of rotatable bonds is 8. The highest BCUT2D eigenvalue weighted by atomic mass is 127. The minimum atomic E-state index is 0. The molecule has 0 saturated carbocycles. The van der Waals surface area contributed by atoms with E-state index in [-0.39, 0.29) is 29.7 Å². The number of likely N-dealkylation sites (tertiary alicyclic amines) is 1. The van der Waals surface area contributed by atoms with E-state index < -0.39 is 0 Å². The molecule has 1 aliphatic heterocycles. The zero-order chi connectivity index (χ0) is 18.8. The van der Waals surface area contributed by atoms with Gasteiger partial charge in [-0.25, -0.2) is 0 Å². The van der Waals surface area contributed by atoms with E-state index in [9.17, 15) is 5.11 Å². The van der Waals surface area contributed by atoms with Crippen molar-refractivity contribution < 1.29 is 9.84 Å². The van der Waals surface area contributed by atoms with Crippen LogP contribution in [0.4, 0.5) is 0 Å². The Morgan fingerprint density at radius 3 is 2.67 bits per heavy atom. The van der Waals surface area contributed by atoms with E-state index in [1.54, 1.807) is 20.2 Å². The average Bonchev–Trinajstić information content (AvgIpc) is 2.67. The van der Waals surface area contributed by atoms with Crippen LogP contribution >= 0.6 is 24.0 Å². The zero-order valence-electron chi connectivity index (χ0n) is 16.8. The van der Waals surface area contributed by atoms with Crippen LogP contribution in [-0.4, -0.2) is 62.3 Å². The van der Waals surface area contributed by atoms with E-state index >= 15 is 0 Å². The number of ether oxygens (including phenoxy) is 1. The van der Waals surface area contributed by atoms with Crippen LogP contribution in [0, 0.1) is 0 Å². The number of piperidine rings is 1. The summed E-state index contributed by atoms with van der Waals surface area (Å²) in [6.45, 7) is 6.51. The Morgan fingerprint density at radius 2 is 2.07 bits per heavy atom. The Kier molecular flexibility index (Phi) is 11.5. The van der Waals surface area contributed by atoms with Crippen LogP contribution in [0.5, 0.6) is 11.5 Å². The number of benzene rings is 1. The number of aliphatic imine (C=N–C) groups is 1. The Bertz CT molecular complexity index is 575. The van der Waals surface area contributed by atoms with Gasteiger partial charge in [-0.3, -0.25) is 4.99 Å². The lowest BCUT2D eigenvalue weighted by Crippen LogP contribution is -2.49. The fraction of sp³-hybridized carbons (Fsp3) is 0.650. The van der Waals surface area contributed by atoms with Gasteiger partial charge in [0.05, 0.1) is 7.11 Å². The monoisotopic (exact) mass is 490 g/mol. The van der Waals surface area contributed by atoms with E-state index in [4.69, 9.17) is 4.74 Å². The molecule has 2 rings (SSSR count). The first-order valence-electron chi connectivity index (χ1n) is 9.71. The molecule has 1 aromatic carbocycles. The minimum Gasteiger partial charge on any atom is -0.508 e. The number of unbranched alkanes of at least 4 members (excludes halogenated alkanes) is 1. The molecule has 7 heteroatoms. The van der Waals surface area contributed by atoms with Gasteiger partial charge in [0.25, 0.3) is 0 Å². The van der Waals surface area contributed by atoms with Gasteiger partial charge < -0.3 is 25.4 Å². The molecule has 154 valence electrons. The highest BCUT2D eigenvalue weighted by Crippen LogP contribution is 2.23. The number of nitrogens with one attached hydrogen (secondary N) is 2. The van der Waals surface area contributed by atoms with Crippen LogP contribution < -0.4 is 15.4 Å². The standard InChI is InChI=1S/C20H34N4O2.HI/c1-4-5-12-24-13-9-17(10-14-24)23-20(21-2)22-11-8-16-6-7-18(26-3)15-19(16)25;/h6-7,15,17,25H,4-5,8-14H2,1-3H3,(H2,21,22,23);1H. The van der Waals surface area contributed by atoms with Gasteiger partial charge in [-0.2, -0.15) is 0 Å². The van der Waals surface area contributed by atoms with Crippen molar-refractivity contribution in [3.05, 3.63) is 23.8 Å². The summed E-state index contributed by atoms with van der Waals surface area (Å²) in [5.74, 6) is 1.78. The summed E-state index contributed by atoms with van der Waals surface area (Å²) in [7, 11) is 3.40. The van der Waals surface area contributed by atoms with Crippen molar-refractivity contribution in [3.63, 3.8) is 0 Å². The van der Waals surface area contributed by atoms with Crippen molar-refractivity contribution in [1.29, 1.82) is 0 Å². The summed E-state index contributed by atoms with van der Waals surface area (Å²) in [4.78, 5) is 6.89. The predicted molar refractivity (Wildman–Crippen MR) is 123 cm³/mol. The molecule has 6 nitrogen and oxygen atoms in total. The highest BCUT2D eigenvalue weighted by Gasteiger charge is 2.19. The molecular formula is C20H35IN4O2. The number of aromatic hydroxyl groups is 1. The van der Waals surface area contributed by atoms with Crippen molar-refractivity contribution in [3.8, 4) is 11.5 Å². The molecule has 0 radical (unpaired) electrons. The molecule has 0 aliphatic carbocycles. The number of phenols is 1. The van der Waals surface area contributed by atoms with Crippen LogP contribution in [-0.2, 0) is 6.42 Å². The fourth-order valence-corrected chi connectivity index (χ4v) is 3.27. The van der Waals surface area contributed by atoms with E-state index in [0.29, 0.717) is 11.8 Å². The molecular weight excluding hydrogens is 455 g/mol. The van der Waals surface area contributed by atoms with Crippen molar-refractivity contribution in [1.82, 2.24) is 15.5 Å². The van der Waals surface area contributed by atoms with Crippen molar-refractivity contribution in [2.24, 2.45) is 4.99 Å². The second-order valence-corrected chi connectivity index (χ2v) is 6.86. The molecule has 1 saturated heterocycles. The lowest BCUT2D eigenvalue weighted by atomic mass is 10.0. The van der Waals surface area contributed by atoms with Gasteiger partial charge in [-0.1, -0.05) is 19.4 Å². The van der Waals surface area contributed by atoms with Gasteiger partial charge in [0.1, 0.15) is 11.5 Å². The molecule has 0 aromatic heterocycles. The topological polar surface area (TPSA) is 69.1 Å². The molecule has 0 spiro atoms. The normalized spacial score (nSPS) is 15.9. The van der Waals surface area contributed by atoms with Crippen LogP contribution in [0.2, 0.25) is 0 Å². The maximum Gasteiger partial charge on any atom is 0.191 e. The average molecular weight is 490 g/mol. The molecule has 1 heterocycles. The Balaban J connectivity index is 0.00000364. The van der Waals surface area contributed by atoms with Gasteiger partial charge in [-0.15, -0.1) is 24.0 Å². The lowest BCUT2D eigenvalue weighted by molar-refractivity contribution is 0.203. The third-order valence-corrected chi connectivity index (χ3v) is 4.96. The maximum atomic E-state index is 10.0. The molecule has 1 aromatic rings. The predicted octanol–water partition coefficient (Wildman–Crippen LogP) is 2.99. The van der Waals surface area contributed by atoms with Gasteiger partial charge in [0, 0.05) is 38.8 Å². The first-order chi connectivity index (χ1) is 12.7. The number of methoxy groups -OCH3 is 1. The number of hydrogen-bond donors (Lipinski definition) is 3. The van der Waals surface area contributed by atoms with Crippen LogP contribution in [0.15, 0.2) is 23.2 Å². The van der Waals surface area contributed by atoms with E-state index in [0.717, 1.165) is 50.4 Å². The number of nitrogens with zero attached hydrogens (tertiary/aromatic N) is 2. The second kappa shape index (κ2) is 13.0. The molecule has 0 atom stereocenters. The summed E-state index contributed by atoms with van der Waals surface area (Å²) in [6.07, 6.45) is 5.59. The van der Waals surface area contributed by atoms with Crippen molar-refractivity contribution in [2.75, 3.05) is 40.3 Å². The Hall–Kier alpha value is -1.22. The molecule has 1 fully saturated rings. The van der Waals surface area contributed by atoms with E-state index in [2.05, 4.69) is 27.4 Å². The number of guanidine groups is 1. The summed E-state index contributed by atoms with van der Waals surface area (Å²) < 4.78 is 5.12.